The summed E-state index contributed by atoms with van der Waals surface area (Å²) in [6, 6.07) is 13.6. The van der Waals surface area contributed by atoms with Crippen LogP contribution in [0.2, 0.25) is 0 Å². The zero-order valence-corrected chi connectivity index (χ0v) is 18.3. The number of aromatic amines is 1. The molecule has 1 atom stereocenters. The molecule has 1 aliphatic rings. The molecule has 2 heterocycles. The van der Waals surface area contributed by atoms with Crippen molar-refractivity contribution in [3.8, 4) is 0 Å². The summed E-state index contributed by atoms with van der Waals surface area (Å²) in [6.45, 7) is 3.11. The standard InChI is InChI=1S/C23H26N4O2S/c1-4-26-22(29)18-11-10-16(14-19(18)24-23(26)30)21(28)27-12-6-9-20(27)15-7-5-8-17(13-15)25(2)3/h5,7-8,10-11,13-14,20H,4,6,9,12H2,1-3H3,(H,24,30). The zero-order valence-electron chi connectivity index (χ0n) is 17.5. The van der Waals surface area contributed by atoms with E-state index in [-0.39, 0.29) is 17.5 Å². The van der Waals surface area contributed by atoms with Crippen LogP contribution in [0.25, 0.3) is 10.9 Å². The summed E-state index contributed by atoms with van der Waals surface area (Å²) < 4.78 is 1.90. The van der Waals surface area contributed by atoms with E-state index in [2.05, 4.69) is 28.1 Å². The lowest BCUT2D eigenvalue weighted by Gasteiger charge is -2.26. The first-order valence-corrected chi connectivity index (χ1v) is 10.7. The van der Waals surface area contributed by atoms with Crippen LogP contribution in [0, 0.1) is 4.77 Å². The highest BCUT2D eigenvalue weighted by Gasteiger charge is 2.31. The number of nitrogens with one attached hydrogen (secondary N) is 1. The fourth-order valence-corrected chi connectivity index (χ4v) is 4.53. The summed E-state index contributed by atoms with van der Waals surface area (Å²) in [6.07, 6.45) is 1.92. The van der Waals surface area contributed by atoms with Gasteiger partial charge in [0.1, 0.15) is 0 Å². The Morgan fingerprint density at radius 2 is 2.03 bits per heavy atom. The predicted octanol–water partition coefficient (Wildman–Crippen LogP) is 4.12. The lowest BCUT2D eigenvalue weighted by atomic mass is 10.0. The molecule has 7 heteroatoms. The van der Waals surface area contributed by atoms with Crippen LogP contribution < -0.4 is 10.5 Å². The third-order valence-corrected chi connectivity index (χ3v) is 6.15. The molecule has 1 aromatic heterocycles. The predicted molar refractivity (Wildman–Crippen MR) is 123 cm³/mol. The molecule has 3 aromatic rings. The minimum Gasteiger partial charge on any atom is -0.378 e. The second-order valence-electron chi connectivity index (χ2n) is 7.89. The van der Waals surface area contributed by atoms with Gasteiger partial charge in [0, 0.05) is 38.4 Å². The zero-order chi connectivity index (χ0) is 21.4. The first-order chi connectivity index (χ1) is 14.4. The molecule has 0 saturated carbocycles. The topological polar surface area (TPSA) is 61.3 Å². The summed E-state index contributed by atoms with van der Waals surface area (Å²) in [5, 5.41) is 0.540. The minimum absolute atomic E-state index is 0.0198. The minimum atomic E-state index is -0.130. The van der Waals surface area contributed by atoms with Gasteiger partial charge in [0.2, 0.25) is 0 Å². The lowest BCUT2D eigenvalue weighted by Crippen LogP contribution is -2.30. The number of amides is 1. The summed E-state index contributed by atoms with van der Waals surface area (Å²) in [5.74, 6) is -0.0198. The second kappa shape index (κ2) is 8.07. The normalized spacial score (nSPS) is 16.2. The third-order valence-electron chi connectivity index (χ3n) is 5.83. The number of H-pyrrole nitrogens is 1. The van der Waals surface area contributed by atoms with Crippen LogP contribution in [0.5, 0.6) is 0 Å². The number of hydrogen-bond donors (Lipinski definition) is 1. The number of carbonyl (C=O) groups excluding carboxylic acids is 1. The van der Waals surface area contributed by atoms with E-state index in [1.54, 1.807) is 18.2 Å². The van der Waals surface area contributed by atoms with Crippen LogP contribution in [0.4, 0.5) is 5.69 Å². The summed E-state index contributed by atoms with van der Waals surface area (Å²) >= 11 is 5.31. The Bertz CT molecular complexity index is 1230. The average Bonchev–Trinajstić information content (AvgIpc) is 3.23. The average molecular weight is 423 g/mol. The molecule has 1 saturated heterocycles. The molecule has 2 aromatic carbocycles. The van der Waals surface area contributed by atoms with Gasteiger partial charge in [-0.15, -0.1) is 0 Å². The lowest BCUT2D eigenvalue weighted by molar-refractivity contribution is 0.0736. The maximum absolute atomic E-state index is 13.4. The largest absolute Gasteiger partial charge is 0.378 e. The number of aromatic nitrogens is 2. The van der Waals surface area contributed by atoms with E-state index >= 15 is 0 Å². The molecule has 0 radical (unpaired) electrons. The second-order valence-corrected chi connectivity index (χ2v) is 8.27. The smallest absolute Gasteiger partial charge is 0.262 e. The fraction of sp³-hybridized carbons (Fsp3) is 0.348. The van der Waals surface area contributed by atoms with Crippen molar-refractivity contribution in [2.75, 3.05) is 25.5 Å². The fourth-order valence-electron chi connectivity index (χ4n) is 4.21. The van der Waals surface area contributed by atoms with Gasteiger partial charge in [-0.05, 0) is 67.9 Å². The number of carbonyl (C=O) groups is 1. The number of nitrogens with zero attached hydrogens (tertiary/aromatic N) is 3. The molecular weight excluding hydrogens is 396 g/mol. The summed E-state index contributed by atoms with van der Waals surface area (Å²) in [5.41, 5.74) is 3.31. The molecule has 1 aliphatic heterocycles. The summed E-state index contributed by atoms with van der Waals surface area (Å²) in [4.78, 5) is 33.1. The number of likely N-dealkylation sites (tertiary alicyclic amines) is 1. The van der Waals surface area contributed by atoms with Crippen molar-refractivity contribution in [3.63, 3.8) is 0 Å². The Balaban J connectivity index is 1.70. The molecule has 1 N–H and O–H groups in total. The van der Waals surface area contributed by atoms with Crippen molar-refractivity contribution in [2.24, 2.45) is 0 Å². The molecule has 0 spiro atoms. The van der Waals surface area contributed by atoms with Gasteiger partial charge in [-0.2, -0.15) is 0 Å². The number of benzene rings is 2. The Hall–Kier alpha value is -2.93. The van der Waals surface area contributed by atoms with Crippen molar-refractivity contribution in [3.05, 3.63) is 68.7 Å². The molecule has 0 bridgehead atoms. The highest BCUT2D eigenvalue weighted by molar-refractivity contribution is 7.71. The van der Waals surface area contributed by atoms with Gasteiger partial charge < -0.3 is 14.8 Å². The van der Waals surface area contributed by atoms with Crippen molar-refractivity contribution < 1.29 is 4.79 Å². The van der Waals surface area contributed by atoms with E-state index in [0.29, 0.717) is 27.8 Å². The van der Waals surface area contributed by atoms with Crippen molar-refractivity contribution in [1.82, 2.24) is 14.5 Å². The first kappa shape index (κ1) is 20.3. The van der Waals surface area contributed by atoms with Crippen molar-refractivity contribution in [2.45, 2.75) is 32.4 Å². The summed E-state index contributed by atoms with van der Waals surface area (Å²) in [7, 11) is 4.03. The van der Waals surface area contributed by atoms with E-state index < -0.39 is 0 Å². The Kier molecular flexibility index (Phi) is 5.47. The van der Waals surface area contributed by atoms with Crippen LogP contribution in [0.1, 0.15) is 41.7 Å². The number of anilines is 1. The van der Waals surface area contributed by atoms with Crippen LogP contribution in [0.15, 0.2) is 47.3 Å². The maximum Gasteiger partial charge on any atom is 0.262 e. The highest BCUT2D eigenvalue weighted by atomic mass is 32.1. The molecule has 1 fully saturated rings. The SMILES string of the molecule is CCn1c(=S)[nH]c2cc(C(=O)N3CCCC3c3cccc(N(C)C)c3)ccc2c1=O. The van der Waals surface area contributed by atoms with Gasteiger partial charge in [0.15, 0.2) is 4.77 Å². The van der Waals surface area contributed by atoms with E-state index in [0.717, 1.165) is 30.6 Å². The quantitative estimate of drug-likeness (QED) is 0.643. The van der Waals surface area contributed by atoms with Crippen LogP contribution in [0.3, 0.4) is 0 Å². The molecule has 30 heavy (non-hydrogen) atoms. The van der Waals surface area contributed by atoms with Crippen LogP contribution in [-0.2, 0) is 6.54 Å². The van der Waals surface area contributed by atoms with Gasteiger partial charge in [-0.3, -0.25) is 14.2 Å². The molecule has 156 valence electrons. The van der Waals surface area contributed by atoms with Crippen LogP contribution in [-0.4, -0.2) is 41.0 Å². The Labute approximate surface area is 180 Å². The molecule has 1 unspecified atom stereocenters. The van der Waals surface area contributed by atoms with Gasteiger partial charge in [0.25, 0.3) is 11.5 Å². The van der Waals surface area contributed by atoms with Gasteiger partial charge >= 0.3 is 0 Å². The maximum atomic E-state index is 13.4. The highest BCUT2D eigenvalue weighted by Crippen LogP contribution is 2.34. The number of rotatable bonds is 4. The molecule has 4 rings (SSSR count). The molecule has 6 nitrogen and oxygen atoms in total. The van der Waals surface area contributed by atoms with E-state index in [4.69, 9.17) is 12.2 Å². The molecule has 1 amide bonds. The van der Waals surface area contributed by atoms with E-state index in [1.807, 2.05) is 32.0 Å². The van der Waals surface area contributed by atoms with Crippen molar-refractivity contribution in [1.29, 1.82) is 0 Å². The Morgan fingerprint density at radius 3 is 2.77 bits per heavy atom. The molecule has 0 aliphatic carbocycles. The number of fused-ring (bicyclic) bond motifs is 1. The number of hydrogen-bond acceptors (Lipinski definition) is 4. The van der Waals surface area contributed by atoms with E-state index in [9.17, 15) is 9.59 Å². The van der Waals surface area contributed by atoms with Gasteiger partial charge in [-0.25, -0.2) is 0 Å². The van der Waals surface area contributed by atoms with Gasteiger partial charge in [-0.1, -0.05) is 12.1 Å². The van der Waals surface area contributed by atoms with Gasteiger partial charge in [0.05, 0.1) is 16.9 Å². The van der Waals surface area contributed by atoms with E-state index in [1.165, 1.54) is 4.57 Å². The third kappa shape index (κ3) is 3.54. The Morgan fingerprint density at radius 1 is 1.23 bits per heavy atom. The monoisotopic (exact) mass is 422 g/mol. The van der Waals surface area contributed by atoms with Crippen molar-refractivity contribution >= 4 is 34.7 Å². The first-order valence-electron chi connectivity index (χ1n) is 10.3. The molecular formula is C23H26N4O2S. The van der Waals surface area contributed by atoms with Crippen LogP contribution >= 0.6 is 12.2 Å².